The summed E-state index contributed by atoms with van der Waals surface area (Å²) in [5, 5.41) is 0. The summed E-state index contributed by atoms with van der Waals surface area (Å²) in [6, 6.07) is 52.3. The zero-order valence-electron chi connectivity index (χ0n) is 82.1. The molecule has 0 spiro atoms. The molecule has 0 saturated heterocycles. The number of benzene rings is 6. The number of carbonyl (C=O) groups is 13. The predicted molar refractivity (Wildman–Crippen MR) is 559 cm³/mol. The molecule has 7 aliphatic carbocycles. The van der Waals surface area contributed by atoms with E-state index in [1.54, 1.807) is 153 Å². The number of esters is 11. The average Bonchev–Trinajstić information content (AvgIpc) is 0.841. The summed E-state index contributed by atoms with van der Waals surface area (Å²) in [4.78, 5) is 179. The van der Waals surface area contributed by atoms with Gasteiger partial charge in [-0.1, -0.05) is 302 Å². The van der Waals surface area contributed by atoms with E-state index in [1.165, 1.54) is 12.8 Å². The first-order valence-electron chi connectivity index (χ1n) is 51.0. The van der Waals surface area contributed by atoms with Crippen LogP contribution in [0, 0.1) is 52.3 Å². The minimum atomic E-state index is -0.834. The van der Waals surface area contributed by atoms with Crippen molar-refractivity contribution in [2.24, 2.45) is 52.3 Å². The van der Waals surface area contributed by atoms with E-state index < -0.39 is 52.9 Å². The van der Waals surface area contributed by atoms with Gasteiger partial charge in [0.2, 0.25) is 0 Å². The number of carbonyl (C=O) groups excluding carboxylic acids is 13. The Kier molecular flexibility index (Phi) is 64.6. The maximum Gasteiger partial charge on any atom is 0.345 e. The van der Waals surface area contributed by atoms with Gasteiger partial charge in [0.25, 0.3) is 0 Å². The first-order chi connectivity index (χ1) is 68.1. The lowest BCUT2D eigenvalue weighted by Gasteiger charge is -2.32. The van der Waals surface area contributed by atoms with Crippen LogP contribution in [0.2, 0.25) is 0 Å². The molecular formula is C118H170O28. The van der Waals surface area contributed by atoms with Gasteiger partial charge in [-0.25, -0.2) is 38.4 Å². The topological polar surface area (TPSA) is 360 Å². The Hall–Kier alpha value is -11.7. The number of ether oxygens (including phenoxy) is 11. The maximum absolute atomic E-state index is 12.7. The van der Waals surface area contributed by atoms with Crippen molar-refractivity contribution < 1.29 is 134 Å². The molecule has 7 saturated carbocycles. The molecule has 28 nitrogen and oxygen atoms in total. The molecule has 6 aromatic carbocycles. The molecule has 0 heterocycles. The first kappa shape index (κ1) is 129. The van der Waals surface area contributed by atoms with Crippen LogP contribution >= 0.6 is 0 Å². The van der Waals surface area contributed by atoms with Crippen molar-refractivity contribution in [3.05, 3.63) is 215 Å². The molecule has 7 aliphatic rings. The van der Waals surface area contributed by atoms with Gasteiger partial charge in [-0.3, -0.25) is 33.7 Å². The molecule has 0 radical (unpaired) electrons. The van der Waals surface area contributed by atoms with E-state index in [4.69, 9.17) is 71.7 Å². The SMILES string of the molecule is C.C.C.C.C.C.CC(COC(=O)c1ccccc1)OOC(=O)C1CCCCC1.CCC(COC(=O)c1ccccc1)(COC(=O)C1CCCCC1)COC(=O)C1CCCCC1.CCC(COC(=O)c1ccccc1)(COC(=O)c1ccccc1)COC(=O)C1CCCCC1.O=C(OCC(COC(=O)C1CCCCC1)OC(=O)C1CCCCC1)c1ccccc1.O=C(OCCCOOC(=O)C1CCCCC1)c1ccccc1. The summed E-state index contributed by atoms with van der Waals surface area (Å²) in [7, 11) is 0. The molecule has 810 valence electrons. The largest absolute Gasteiger partial charge is 0.465 e. The highest BCUT2D eigenvalue weighted by atomic mass is 17.2. The van der Waals surface area contributed by atoms with E-state index in [0.717, 1.165) is 212 Å². The van der Waals surface area contributed by atoms with Gasteiger partial charge in [0, 0.05) is 6.42 Å². The predicted octanol–water partition coefficient (Wildman–Crippen LogP) is 25.6. The lowest BCUT2D eigenvalue weighted by Crippen LogP contribution is -2.40. The fourth-order valence-corrected chi connectivity index (χ4v) is 17.6. The lowest BCUT2D eigenvalue weighted by atomic mass is 9.86. The molecule has 0 aliphatic heterocycles. The van der Waals surface area contributed by atoms with Crippen LogP contribution < -0.4 is 0 Å². The Morgan fingerprint density at radius 2 is 0.466 bits per heavy atom. The molecule has 28 heteroatoms. The highest BCUT2D eigenvalue weighted by Gasteiger charge is 2.40. The quantitative estimate of drug-likeness (QED) is 0.0113. The monoisotopic (exact) mass is 2040 g/mol. The third-order valence-corrected chi connectivity index (χ3v) is 26.8. The van der Waals surface area contributed by atoms with Gasteiger partial charge < -0.3 is 52.1 Å². The van der Waals surface area contributed by atoms with Crippen LogP contribution in [0.3, 0.4) is 0 Å². The summed E-state index contributed by atoms with van der Waals surface area (Å²) in [5.74, 6) is -4.91. The van der Waals surface area contributed by atoms with Crippen molar-refractivity contribution in [1.29, 1.82) is 0 Å². The van der Waals surface area contributed by atoms with Gasteiger partial charge in [-0.15, -0.1) is 0 Å². The summed E-state index contributed by atoms with van der Waals surface area (Å²) in [5.41, 5.74) is 1.15. The second-order valence-corrected chi connectivity index (χ2v) is 37.7. The van der Waals surface area contributed by atoms with Crippen molar-refractivity contribution >= 4 is 77.6 Å². The van der Waals surface area contributed by atoms with Crippen LogP contribution in [0.15, 0.2) is 182 Å². The van der Waals surface area contributed by atoms with E-state index in [9.17, 15) is 62.3 Å². The van der Waals surface area contributed by atoms with Crippen LogP contribution in [0.4, 0.5) is 0 Å². The van der Waals surface area contributed by atoms with E-state index in [1.807, 2.05) is 50.2 Å². The normalized spacial score (nSPS) is 16.0. The van der Waals surface area contributed by atoms with Gasteiger partial charge in [0.15, 0.2) is 6.10 Å². The standard InChI is InChI=1S/C27H38O6.C27H32O6.C24H32O6.2C17H22O5.6CH4/c2*1-2-27(18-31-24(28)21-12-6-3-7-13-21,19-32-25(29)22-14-8-4-9-15-22)20-33-26(30)23-16-10-5-11-17-23;25-22(18-10-4-1-5-11-18)28-16-21(30-24(27)20-14-8-3-9-15-20)17-29-23(26)19-12-6-2-7-13-19;1-13(12-20-16(18)14-8-4-2-5-9-14)21-22-17(19)15-10-6-3-7-11-15;18-16(14-8-3-1-4-9-14)20-12-7-13-21-22-17(19)15-10-5-2-6-11-15;;;;;;/h3,6-7,12-13,22-23H,2,4-5,8-11,14-20H2,1H3;3-4,6-9,12-15,23H,2,5,10-11,16-20H2,1H3;1,4-5,10-11,19-21H,2-3,6-9,12-17H2;2,4-5,8-9,13,15H,3,6-7,10-12H2,1H3;1,3-4,8-9,15H,2,5-7,10-13H2;6*1H4. The molecule has 6 aromatic rings. The van der Waals surface area contributed by atoms with Crippen LogP contribution in [0.1, 0.15) is 371 Å². The number of rotatable bonds is 41. The van der Waals surface area contributed by atoms with Gasteiger partial charge in [0.05, 0.1) is 98.8 Å². The Morgan fingerprint density at radius 3 is 0.740 bits per heavy atom. The average molecular weight is 2040 g/mol. The minimum absolute atomic E-state index is 0. The molecule has 0 amide bonds. The molecule has 2 atom stereocenters. The molecule has 0 aromatic heterocycles. The third kappa shape index (κ3) is 47.5. The highest BCUT2D eigenvalue weighted by molar-refractivity contribution is 5.92. The van der Waals surface area contributed by atoms with Crippen LogP contribution in [-0.4, -0.2) is 162 Å². The summed E-state index contributed by atoms with van der Waals surface area (Å²) >= 11 is 0. The summed E-state index contributed by atoms with van der Waals surface area (Å²) in [6.45, 7) is 5.91. The molecule has 7 fully saturated rings. The summed E-state index contributed by atoms with van der Waals surface area (Å²) in [6.07, 6.45) is 34.9. The molecule has 13 rings (SSSR count). The van der Waals surface area contributed by atoms with Gasteiger partial charge in [0.1, 0.15) is 65.6 Å². The Bertz CT molecular complexity index is 4560. The van der Waals surface area contributed by atoms with Crippen LogP contribution in [-0.2, 0) is 105 Å². The maximum atomic E-state index is 12.7. The van der Waals surface area contributed by atoms with Gasteiger partial charge >= 0.3 is 77.6 Å². The fraction of sp³-hybridized carbons (Fsp3) is 0.585. The first-order valence-corrected chi connectivity index (χ1v) is 51.0. The zero-order valence-corrected chi connectivity index (χ0v) is 82.1. The smallest absolute Gasteiger partial charge is 0.345 e. The molecule has 2 unspecified atom stereocenters. The van der Waals surface area contributed by atoms with E-state index in [0.29, 0.717) is 52.6 Å². The Labute approximate surface area is 868 Å². The van der Waals surface area contributed by atoms with Crippen molar-refractivity contribution in [2.75, 3.05) is 72.7 Å². The van der Waals surface area contributed by atoms with Crippen molar-refractivity contribution in [2.45, 2.75) is 322 Å². The highest BCUT2D eigenvalue weighted by Crippen LogP contribution is 2.35. The van der Waals surface area contributed by atoms with Crippen LogP contribution in [0.25, 0.3) is 0 Å². The van der Waals surface area contributed by atoms with E-state index >= 15 is 0 Å². The van der Waals surface area contributed by atoms with Gasteiger partial charge in [-0.05, 0) is 182 Å². The van der Waals surface area contributed by atoms with E-state index in [-0.39, 0.29) is 206 Å². The molecule has 146 heavy (non-hydrogen) atoms. The Morgan fingerprint density at radius 1 is 0.247 bits per heavy atom. The van der Waals surface area contributed by atoms with Crippen molar-refractivity contribution in [1.82, 2.24) is 0 Å². The minimum Gasteiger partial charge on any atom is -0.465 e. The lowest BCUT2D eigenvalue weighted by molar-refractivity contribution is -0.302. The molecule has 0 bridgehead atoms. The number of hydrogen-bond donors (Lipinski definition) is 0. The fourth-order valence-electron chi connectivity index (χ4n) is 17.6. The zero-order chi connectivity index (χ0) is 99.6. The summed E-state index contributed by atoms with van der Waals surface area (Å²) < 4.78 is 60.6. The number of hydrogen-bond acceptors (Lipinski definition) is 28. The van der Waals surface area contributed by atoms with E-state index in [2.05, 4.69) is 0 Å². The second kappa shape index (κ2) is 73.4. The second-order valence-electron chi connectivity index (χ2n) is 37.7. The molecular weight excluding hydrogens is 1870 g/mol. The molecule has 0 N–H and O–H groups in total. The van der Waals surface area contributed by atoms with Crippen molar-refractivity contribution in [3.8, 4) is 0 Å². The third-order valence-electron chi connectivity index (χ3n) is 26.8. The van der Waals surface area contributed by atoms with Crippen LogP contribution in [0.5, 0.6) is 0 Å². The van der Waals surface area contributed by atoms with Crippen molar-refractivity contribution in [3.63, 3.8) is 0 Å². The van der Waals surface area contributed by atoms with Gasteiger partial charge in [-0.2, -0.15) is 9.78 Å². The Balaban J connectivity index is 0.000000469.